The fraction of sp³-hybridized carbons (Fsp3) is 0.333. The van der Waals surface area contributed by atoms with Crippen LogP contribution in [-0.4, -0.2) is 31.4 Å². The Bertz CT molecular complexity index is 751. The maximum absolute atomic E-state index is 12.4. The number of rotatable bonds is 5. The average molecular weight is 351 g/mol. The molecule has 136 valence electrons. The Balaban J connectivity index is 1.55. The zero-order valence-electron chi connectivity index (χ0n) is 15.0. The topological polar surface area (TPSA) is 70.2 Å². The second-order valence-corrected chi connectivity index (χ2v) is 7.14. The van der Waals surface area contributed by atoms with Gasteiger partial charge in [0.1, 0.15) is 0 Å². The lowest BCUT2D eigenvalue weighted by atomic mass is 9.81. The van der Waals surface area contributed by atoms with Crippen molar-refractivity contribution >= 4 is 17.5 Å². The van der Waals surface area contributed by atoms with Gasteiger partial charge in [-0.2, -0.15) is 0 Å². The summed E-state index contributed by atoms with van der Waals surface area (Å²) in [6.45, 7) is 4.90. The molecule has 1 fully saturated rings. The molecule has 0 radical (unpaired) electrons. The van der Waals surface area contributed by atoms with E-state index in [1.165, 1.54) is 0 Å². The van der Waals surface area contributed by atoms with E-state index < -0.39 is 0 Å². The van der Waals surface area contributed by atoms with Crippen LogP contribution >= 0.6 is 0 Å². The molecule has 0 aromatic heterocycles. The molecule has 26 heavy (non-hydrogen) atoms. The first-order chi connectivity index (χ1) is 12.6. The van der Waals surface area contributed by atoms with Crippen molar-refractivity contribution in [3.05, 3.63) is 65.7 Å². The second-order valence-electron chi connectivity index (χ2n) is 7.14. The second kappa shape index (κ2) is 8.15. The van der Waals surface area contributed by atoms with Crippen molar-refractivity contribution in [1.82, 2.24) is 10.6 Å². The quantitative estimate of drug-likeness (QED) is 0.775. The molecule has 0 aliphatic carbocycles. The summed E-state index contributed by atoms with van der Waals surface area (Å²) in [7, 11) is 0. The third-order valence-corrected chi connectivity index (χ3v) is 4.93. The summed E-state index contributed by atoms with van der Waals surface area (Å²) in [5.74, 6) is -0.243. The van der Waals surface area contributed by atoms with Gasteiger partial charge in [-0.1, -0.05) is 25.1 Å². The number of carbonyl (C=O) groups is 2. The number of nitrogens with one attached hydrogen (secondary N) is 3. The van der Waals surface area contributed by atoms with E-state index in [4.69, 9.17) is 0 Å². The van der Waals surface area contributed by atoms with E-state index in [-0.39, 0.29) is 17.2 Å². The molecule has 1 saturated heterocycles. The Labute approximate surface area is 154 Å². The van der Waals surface area contributed by atoms with Gasteiger partial charge in [0.25, 0.3) is 11.8 Å². The highest BCUT2D eigenvalue weighted by molar-refractivity contribution is 6.04. The van der Waals surface area contributed by atoms with E-state index in [1.807, 2.05) is 18.2 Å². The molecular formula is C21H25N3O2. The summed E-state index contributed by atoms with van der Waals surface area (Å²) < 4.78 is 0. The van der Waals surface area contributed by atoms with Crippen molar-refractivity contribution in [2.45, 2.75) is 19.8 Å². The van der Waals surface area contributed by atoms with Gasteiger partial charge >= 0.3 is 0 Å². The minimum Gasteiger partial charge on any atom is -0.351 e. The number of piperidine rings is 1. The van der Waals surface area contributed by atoms with Gasteiger partial charge in [-0.3, -0.25) is 9.59 Å². The predicted octanol–water partition coefficient (Wildman–Crippen LogP) is 3.06. The zero-order chi connectivity index (χ0) is 18.4. The van der Waals surface area contributed by atoms with Crippen molar-refractivity contribution in [3.8, 4) is 0 Å². The standard InChI is InChI=1S/C21H25N3O2/c1-21(11-13-22-14-12-21)15-23-19(25)17-7-9-18(10-8-17)24-20(26)16-5-3-2-4-6-16/h2-10,22H,11-15H2,1H3,(H,23,25)(H,24,26). The minimum absolute atomic E-state index is 0.0781. The van der Waals surface area contributed by atoms with Crippen LogP contribution in [0.15, 0.2) is 54.6 Å². The van der Waals surface area contributed by atoms with E-state index in [1.54, 1.807) is 36.4 Å². The molecule has 1 heterocycles. The van der Waals surface area contributed by atoms with Crippen LogP contribution in [0.5, 0.6) is 0 Å². The van der Waals surface area contributed by atoms with Crippen LogP contribution in [-0.2, 0) is 0 Å². The van der Waals surface area contributed by atoms with Gasteiger partial charge in [0.2, 0.25) is 0 Å². The van der Waals surface area contributed by atoms with Gasteiger partial charge in [-0.15, -0.1) is 0 Å². The van der Waals surface area contributed by atoms with Crippen LogP contribution in [0.4, 0.5) is 5.69 Å². The highest BCUT2D eigenvalue weighted by atomic mass is 16.2. The van der Waals surface area contributed by atoms with Crippen molar-refractivity contribution in [2.24, 2.45) is 5.41 Å². The molecule has 3 rings (SSSR count). The Hall–Kier alpha value is -2.66. The van der Waals surface area contributed by atoms with E-state index in [0.29, 0.717) is 23.4 Å². The van der Waals surface area contributed by atoms with Gasteiger partial charge in [-0.05, 0) is 67.7 Å². The number of benzene rings is 2. The molecule has 5 nitrogen and oxygen atoms in total. The molecule has 0 saturated carbocycles. The summed E-state index contributed by atoms with van der Waals surface area (Å²) in [6.07, 6.45) is 2.13. The van der Waals surface area contributed by atoms with E-state index in [9.17, 15) is 9.59 Å². The number of hydrogen-bond donors (Lipinski definition) is 3. The molecule has 0 unspecified atom stereocenters. The van der Waals surface area contributed by atoms with Crippen LogP contribution in [0.25, 0.3) is 0 Å². The molecule has 5 heteroatoms. The lowest BCUT2D eigenvalue weighted by Crippen LogP contribution is -2.42. The van der Waals surface area contributed by atoms with Gasteiger partial charge in [0, 0.05) is 23.4 Å². The highest BCUT2D eigenvalue weighted by Gasteiger charge is 2.27. The normalized spacial score (nSPS) is 15.9. The molecule has 2 aromatic rings. The van der Waals surface area contributed by atoms with E-state index in [0.717, 1.165) is 25.9 Å². The first kappa shape index (κ1) is 18.1. The maximum atomic E-state index is 12.4. The fourth-order valence-electron chi connectivity index (χ4n) is 3.10. The number of carbonyl (C=O) groups excluding carboxylic acids is 2. The number of amides is 2. The van der Waals surface area contributed by atoms with Crippen molar-refractivity contribution in [2.75, 3.05) is 25.0 Å². The van der Waals surface area contributed by atoms with Gasteiger partial charge in [0.15, 0.2) is 0 Å². The van der Waals surface area contributed by atoms with Crippen molar-refractivity contribution in [3.63, 3.8) is 0 Å². The Morgan fingerprint density at radius 3 is 2.19 bits per heavy atom. The summed E-state index contributed by atoms with van der Waals surface area (Å²) in [5.41, 5.74) is 2.02. The highest BCUT2D eigenvalue weighted by Crippen LogP contribution is 2.26. The summed E-state index contributed by atoms with van der Waals surface area (Å²) >= 11 is 0. The van der Waals surface area contributed by atoms with Crippen LogP contribution in [0, 0.1) is 5.41 Å². The molecule has 3 N–H and O–H groups in total. The van der Waals surface area contributed by atoms with E-state index >= 15 is 0 Å². The van der Waals surface area contributed by atoms with Crippen molar-refractivity contribution < 1.29 is 9.59 Å². The number of hydrogen-bond acceptors (Lipinski definition) is 3. The molecule has 2 amide bonds. The molecule has 0 atom stereocenters. The average Bonchev–Trinajstić information content (AvgIpc) is 2.68. The van der Waals surface area contributed by atoms with Crippen LogP contribution in [0.3, 0.4) is 0 Å². The lowest BCUT2D eigenvalue weighted by molar-refractivity contribution is 0.0922. The number of anilines is 1. The molecule has 2 aromatic carbocycles. The van der Waals surface area contributed by atoms with Crippen molar-refractivity contribution in [1.29, 1.82) is 0 Å². The molecule has 1 aliphatic rings. The summed E-state index contributed by atoms with van der Waals surface area (Å²) in [6, 6.07) is 16.0. The SMILES string of the molecule is CC1(CNC(=O)c2ccc(NC(=O)c3ccccc3)cc2)CCNCC1. The summed E-state index contributed by atoms with van der Waals surface area (Å²) in [4.78, 5) is 24.5. The molecule has 0 bridgehead atoms. The van der Waals surface area contributed by atoms with Gasteiger partial charge in [-0.25, -0.2) is 0 Å². The molecule has 0 spiro atoms. The van der Waals surface area contributed by atoms with E-state index in [2.05, 4.69) is 22.9 Å². The third-order valence-electron chi connectivity index (χ3n) is 4.93. The largest absolute Gasteiger partial charge is 0.351 e. The minimum atomic E-state index is -0.165. The first-order valence-corrected chi connectivity index (χ1v) is 9.01. The summed E-state index contributed by atoms with van der Waals surface area (Å²) in [5, 5.41) is 9.22. The van der Waals surface area contributed by atoms with Crippen LogP contribution in [0.2, 0.25) is 0 Å². The molecular weight excluding hydrogens is 326 g/mol. The smallest absolute Gasteiger partial charge is 0.255 e. The van der Waals surface area contributed by atoms with Gasteiger partial charge in [0.05, 0.1) is 0 Å². The Kier molecular flexibility index (Phi) is 5.68. The Morgan fingerprint density at radius 2 is 1.54 bits per heavy atom. The van der Waals surface area contributed by atoms with Gasteiger partial charge < -0.3 is 16.0 Å². The maximum Gasteiger partial charge on any atom is 0.255 e. The zero-order valence-corrected chi connectivity index (χ0v) is 15.0. The fourth-order valence-corrected chi connectivity index (χ4v) is 3.10. The third kappa shape index (κ3) is 4.70. The monoisotopic (exact) mass is 351 g/mol. The van der Waals surface area contributed by atoms with Crippen LogP contribution in [0.1, 0.15) is 40.5 Å². The molecule has 1 aliphatic heterocycles. The lowest BCUT2D eigenvalue weighted by Gasteiger charge is -2.34. The predicted molar refractivity (Wildman–Crippen MR) is 103 cm³/mol. The van der Waals surface area contributed by atoms with Crippen LogP contribution < -0.4 is 16.0 Å². The first-order valence-electron chi connectivity index (χ1n) is 9.01. The Morgan fingerprint density at radius 1 is 0.923 bits per heavy atom.